The van der Waals surface area contributed by atoms with Crippen molar-refractivity contribution in [3.8, 4) is 0 Å². The zero-order chi connectivity index (χ0) is 9.97. The summed E-state index contributed by atoms with van der Waals surface area (Å²) in [5.74, 6) is 0.800. The molecule has 3 N–H and O–H groups in total. The number of nitrogens with two attached hydrogens (primary N) is 1. The molecule has 1 aromatic carbocycles. The fourth-order valence-corrected chi connectivity index (χ4v) is 2.05. The van der Waals surface area contributed by atoms with Crippen LogP contribution >= 0.6 is 0 Å². The molecular formula is C12H18N2. The summed E-state index contributed by atoms with van der Waals surface area (Å²) in [5.41, 5.74) is 8.16. The van der Waals surface area contributed by atoms with Gasteiger partial charge in [-0.25, -0.2) is 0 Å². The first-order chi connectivity index (χ1) is 6.79. The van der Waals surface area contributed by atoms with Crippen LogP contribution in [0.25, 0.3) is 0 Å². The highest BCUT2D eigenvalue weighted by molar-refractivity contribution is 5.25. The van der Waals surface area contributed by atoms with Gasteiger partial charge in [0.2, 0.25) is 0 Å². The summed E-state index contributed by atoms with van der Waals surface area (Å²) in [4.78, 5) is 0. The lowest BCUT2D eigenvalue weighted by molar-refractivity contribution is 0.611. The molecule has 1 fully saturated rings. The summed E-state index contributed by atoms with van der Waals surface area (Å²) >= 11 is 0. The molecule has 0 aromatic heterocycles. The van der Waals surface area contributed by atoms with Crippen molar-refractivity contribution >= 4 is 0 Å². The van der Waals surface area contributed by atoms with Gasteiger partial charge in [-0.2, -0.15) is 0 Å². The number of nitrogens with one attached hydrogen (secondary N) is 1. The number of hydrogen-bond acceptors (Lipinski definition) is 2. The molecule has 0 bridgehead atoms. The van der Waals surface area contributed by atoms with Gasteiger partial charge in [-0.1, -0.05) is 31.2 Å². The maximum absolute atomic E-state index is 5.56. The van der Waals surface area contributed by atoms with Crippen LogP contribution in [0, 0.1) is 5.92 Å². The number of benzene rings is 1. The van der Waals surface area contributed by atoms with E-state index in [0.717, 1.165) is 12.5 Å². The van der Waals surface area contributed by atoms with Crippen LogP contribution in [0.2, 0.25) is 0 Å². The largest absolute Gasteiger partial charge is 0.326 e. The van der Waals surface area contributed by atoms with Crippen molar-refractivity contribution < 1.29 is 0 Å². The van der Waals surface area contributed by atoms with E-state index in [0.29, 0.717) is 12.6 Å². The van der Waals surface area contributed by atoms with Crippen molar-refractivity contribution in [1.29, 1.82) is 0 Å². The van der Waals surface area contributed by atoms with Crippen molar-refractivity contribution in [2.75, 3.05) is 6.54 Å². The number of hydrogen-bond donors (Lipinski definition) is 2. The van der Waals surface area contributed by atoms with Crippen LogP contribution in [0.3, 0.4) is 0 Å². The van der Waals surface area contributed by atoms with E-state index in [1.807, 2.05) is 0 Å². The Hall–Kier alpha value is -0.860. The maximum atomic E-state index is 5.56. The average molecular weight is 190 g/mol. The topological polar surface area (TPSA) is 38.0 Å². The fourth-order valence-electron chi connectivity index (χ4n) is 2.05. The summed E-state index contributed by atoms with van der Waals surface area (Å²) in [7, 11) is 0. The van der Waals surface area contributed by atoms with Gasteiger partial charge in [0.15, 0.2) is 0 Å². The SMILES string of the molecule is CC1CNC(c2ccc(CN)cc2)C1. The highest BCUT2D eigenvalue weighted by Crippen LogP contribution is 2.26. The molecule has 2 heteroatoms. The first-order valence-electron chi connectivity index (χ1n) is 5.32. The molecule has 2 atom stereocenters. The van der Waals surface area contributed by atoms with Gasteiger partial charge in [0, 0.05) is 12.6 Å². The molecule has 0 amide bonds. The van der Waals surface area contributed by atoms with Gasteiger partial charge in [-0.15, -0.1) is 0 Å². The van der Waals surface area contributed by atoms with Gasteiger partial charge in [-0.05, 0) is 30.0 Å². The van der Waals surface area contributed by atoms with E-state index in [4.69, 9.17) is 5.73 Å². The standard InChI is InChI=1S/C12H18N2/c1-9-6-12(14-8-9)11-4-2-10(7-13)3-5-11/h2-5,9,12,14H,6-8,13H2,1H3. The number of rotatable bonds is 2. The second kappa shape index (κ2) is 4.11. The minimum Gasteiger partial charge on any atom is -0.326 e. The molecule has 76 valence electrons. The molecule has 14 heavy (non-hydrogen) atoms. The van der Waals surface area contributed by atoms with Gasteiger partial charge in [0.05, 0.1) is 0 Å². The predicted octanol–water partition coefficient (Wildman–Crippen LogP) is 1.82. The van der Waals surface area contributed by atoms with E-state index in [2.05, 4.69) is 36.5 Å². The summed E-state index contributed by atoms with van der Waals surface area (Å²) in [6.07, 6.45) is 1.25. The Morgan fingerprint density at radius 1 is 1.36 bits per heavy atom. The first kappa shape index (κ1) is 9.69. The van der Waals surface area contributed by atoms with E-state index in [9.17, 15) is 0 Å². The van der Waals surface area contributed by atoms with Gasteiger partial charge < -0.3 is 11.1 Å². The highest BCUT2D eigenvalue weighted by Gasteiger charge is 2.21. The van der Waals surface area contributed by atoms with E-state index in [1.165, 1.54) is 17.5 Å². The zero-order valence-corrected chi connectivity index (χ0v) is 8.66. The second-order valence-corrected chi connectivity index (χ2v) is 4.25. The molecule has 1 aliphatic heterocycles. The Morgan fingerprint density at radius 2 is 2.07 bits per heavy atom. The molecule has 1 aromatic rings. The summed E-state index contributed by atoms with van der Waals surface area (Å²) in [5, 5.41) is 3.53. The molecular weight excluding hydrogens is 172 g/mol. The molecule has 2 rings (SSSR count). The molecule has 2 nitrogen and oxygen atoms in total. The van der Waals surface area contributed by atoms with E-state index < -0.39 is 0 Å². The van der Waals surface area contributed by atoms with Crippen molar-refractivity contribution in [2.45, 2.75) is 25.9 Å². The van der Waals surface area contributed by atoms with Gasteiger partial charge in [0.1, 0.15) is 0 Å². The smallest absolute Gasteiger partial charge is 0.0323 e. The Labute approximate surface area is 85.5 Å². The maximum Gasteiger partial charge on any atom is 0.0323 e. The molecule has 1 saturated heterocycles. The molecule has 1 aliphatic rings. The zero-order valence-electron chi connectivity index (χ0n) is 8.66. The van der Waals surface area contributed by atoms with Crippen LogP contribution in [0.4, 0.5) is 0 Å². The van der Waals surface area contributed by atoms with Gasteiger partial charge >= 0.3 is 0 Å². The fraction of sp³-hybridized carbons (Fsp3) is 0.500. The molecule has 1 heterocycles. The van der Waals surface area contributed by atoms with Crippen LogP contribution in [-0.2, 0) is 6.54 Å². The average Bonchev–Trinajstić information content (AvgIpc) is 2.65. The van der Waals surface area contributed by atoms with E-state index >= 15 is 0 Å². The van der Waals surface area contributed by atoms with Crippen LogP contribution in [0.5, 0.6) is 0 Å². The van der Waals surface area contributed by atoms with Crippen molar-refractivity contribution in [3.63, 3.8) is 0 Å². The second-order valence-electron chi connectivity index (χ2n) is 4.25. The normalized spacial score (nSPS) is 26.7. The van der Waals surface area contributed by atoms with Gasteiger partial charge in [0.25, 0.3) is 0 Å². The highest BCUT2D eigenvalue weighted by atomic mass is 14.9. The lowest BCUT2D eigenvalue weighted by atomic mass is 10.0. The van der Waals surface area contributed by atoms with E-state index in [-0.39, 0.29) is 0 Å². The Morgan fingerprint density at radius 3 is 2.57 bits per heavy atom. The lowest BCUT2D eigenvalue weighted by Gasteiger charge is -2.10. The van der Waals surface area contributed by atoms with Crippen LogP contribution in [0.15, 0.2) is 24.3 Å². The summed E-state index contributed by atoms with van der Waals surface area (Å²) in [6, 6.07) is 9.19. The third kappa shape index (κ3) is 1.97. The quantitative estimate of drug-likeness (QED) is 0.746. The Bertz CT molecular complexity index is 292. The van der Waals surface area contributed by atoms with Crippen molar-refractivity contribution in [3.05, 3.63) is 35.4 Å². The Balaban J connectivity index is 2.09. The Kier molecular flexibility index (Phi) is 2.85. The summed E-state index contributed by atoms with van der Waals surface area (Å²) < 4.78 is 0. The van der Waals surface area contributed by atoms with Gasteiger partial charge in [-0.3, -0.25) is 0 Å². The van der Waals surface area contributed by atoms with Crippen molar-refractivity contribution in [2.24, 2.45) is 11.7 Å². The molecule has 0 saturated carbocycles. The molecule has 0 aliphatic carbocycles. The molecule has 0 radical (unpaired) electrons. The third-order valence-corrected chi connectivity index (χ3v) is 2.97. The molecule has 0 spiro atoms. The first-order valence-corrected chi connectivity index (χ1v) is 5.32. The molecule has 2 unspecified atom stereocenters. The van der Waals surface area contributed by atoms with Crippen LogP contribution < -0.4 is 11.1 Å². The third-order valence-electron chi connectivity index (χ3n) is 2.97. The monoisotopic (exact) mass is 190 g/mol. The van der Waals surface area contributed by atoms with Crippen LogP contribution in [0.1, 0.15) is 30.5 Å². The van der Waals surface area contributed by atoms with E-state index in [1.54, 1.807) is 0 Å². The lowest BCUT2D eigenvalue weighted by Crippen LogP contribution is -2.13. The summed E-state index contributed by atoms with van der Waals surface area (Å²) in [6.45, 7) is 4.07. The minimum atomic E-state index is 0.553. The minimum absolute atomic E-state index is 0.553. The predicted molar refractivity (Wildman–Crippen MR) is 58.9 cm³/mol. The van der Waals surface area contributed by atoms with Crippen molar-refractivity contribution in [1.82, 2.24) is 5.32 Å². The van der Waals surface area contributed by atoms with Crippen LogP contribution in [-0.4, -0.2) is 6.54 Å².